The number of unbranched alkanes of at least 4 members (excludes halogenated alkanes) is 14. The SMILES string of the molecule is CCCCC/C=C\C/C=C\C/C=C\CC(O)C(O)CCCC(=O)OC[C@H](COP(=O)(O)OC1[C@H](O)[C@H](O)C(O)[C@H](O)[C@H]1O)OC(=O)CCCCCCC/C=C\CCCCCCCC. The molecule has 16 heteroatoms. The van der Waals surface area contributed by atoms with Crippen LogP contribution >= 0.6 is 7.82 Å². The Balaban J connectivity index is 2.57. The van der Waals surface area contributed by atoms with Crippen LogP contribution in [0.25, 0.3) is 0 Å². The fraction of sp³-hybridized carbons (Fsp3) is 0.787. The van der Waals surface area contributed by atoms with E-state index in [1.54, 1.807) is 6.08 Å². The van der Waals surface area contributed by atoms with Gasteiger partial charge in [0, 0.05) is 12.8 Å². The lowest BCUT2D eigenvalue weighted by Gasteiger charge is -2.41. The number of phosphoric ester groups is 1. The number of esters is 2. The van der Waals surface area contributed by atoms with Gasteiger partial charge in [-0.2, -0.15) is 0 Å². The summed E-state index contributed by atoms with van der Waals surface area (Å²) in [5.74, 6) is -1.40. The van der Waals surface area contributed by atoms with E-state index in [-0.39, 0.29) is 32.1 Å². The van der Waals surface area contributed by atoms with Crippen molar-refractivity contribution < 1.29 is 73.3 Å². The van der Waals surface area contributed by atoms with E-state index in [2.05, 4.69) is 44.2 Å². The van der Waals surface area contributed by atoms with Crippen molar-refractivity contribution in [1.29, 1.82) is 0 Å². The van der Waals surface area contributed by atoms with Crippen LogP contribution < -0.4 is 0 Å². The first-order valence-electron chi connectivity index (χ1n) is 23.6. The summed E-state index contributed by atoms with van der Waals surface area (Å²) in [7, 11) is -5.19. The van der Waals surface area contributed by atoms with E-state index >= 15 is 0 Å². The van der Waals surface area contributed by atoms with Crippen molar-refractivity contribution in [3.05, 3.63) is 48.6 Å². The zero-order valence-corrected chi connectivity index (χ0v) is 39.0. The van der Waals surface area contributed by atoms with Gasteiger partial charge in [0.05, 0.1) is 18.8 Å². The van der Waals surface area contributed by atoms with E-state index in [4.69, 9.17) is 18.5 Å². The number of carbonyl (C=O) groups is 2. The van der Waals surface area contributed by atoms with Crippen LogP contribution in [0.1, 0.15) is 168 Å². The number of aliphatic hydroxyl groups is 7. The van der Waals surface area contributed by atoms with E-state index in [0.29, 0.717) is 12.8 Å². The zero-order valence-electron chi connectivity index (χ0n) is 38.1. The van der Waals surface area contributed by atoms with E-state index in [1.807, 2.05) is 12.2 Å². The summed E-state index contributed by atoms with van der Waals surface area (Å²) >= 11 is 0. The molecule has 8 N–H and O–H groups in total. The predicted octanol–water partition coefficient (Wildman–Crippen LogP) is 7.11. The molecule has 1 saturated carbocycles. The monoisotopic (exact) mass is 919 g/mol. The van der Waals surface area contributed by atoms with Crippen LogP contribution in [-0.2, 0) is 32.7 Å². The number of hydrogen-bond acceptors (Lipinski definition) is 14. The number of allylic oxidation sites excluding steroid dienone is 7. The molecular weight excluding hydrogens is 835 g/mol. The molecule has 5 unspecified atom stereocenters. The summed E-state index contributed by atoms with van der Waals surface area (Å²) in [6, 6.07) is 0. The van der Waals surface area contributed by atoms with Crippen molar-refractivity contribution in [3.8, 4) is 0 Å². The summed E-state index contributed by atoms with van der Waals surface area (Å²) < 4.78 is 33.3. The molecule has 15 nitrogen and oxygen atoms in total. The maximum atomic E-state index is 12.8. The van der Waals surface area contributed by atoms with Gasteiger partial charge in [-0.05, 0) is 77.0 Å². The van der Waals surface area contributed by atoms with Crippen molar-refractivity contribution in [3.63, 3.8) is 0 Å². The molecule has 0 radical (unpaired) electrons. The van der Waals surface area contributed by atoms with Crippen LogP contribution in [0.4, 0.5) is 0 Å². The lowest BCUT2D eigenvalue weighted by molar-refractivity contribution is -0.220. The van der Waals surface area contributed by atoms with Gasteiger partial charge >= 0.3 is 19.8 Å². The highest BCUT2D eigenvalue weighted by Crippen LogP contribution is 2.47. The third-order valence-corrected chi connectivity index (χ3v) is 11.8. The number of hydrogen-bond donors (Lipinski definition) is 8. The van der Waals surface area contributed by atoms with E-state index in [9.17, 15) is 54.8 Å². The molecule has 63 heavy (non-hydrogen) atoms. The van der Waals surface area contributed by atoms with Gasteiger partial charge in [-0.3, -0.25) is 18.6 Å². The largest absolute Gasteiger partial charge is 0.472 e. The summed E-state index contributed by atoms with van der Waals surface area (Å²) in [6.07, 6.45) is 21.7. The van der Waals surface area contributed by atoms with Crippen molar-refractivity contribution in [2.75, 3.05) is 13.2 Å². The minimum atomic E-state index is -5.19. The lowest BCUT2D eigenvalue weighted by atomic mass is 9.85. The summed E-state index contributed by atoms with van der Waals surface area (Å²) in [4.78, 5) is 35.8. The van der Waals surface area contributed by atoms with Gasteiger partial charge in [-0.25, -0.2) is 4.57 Å². The Morgan fingerprint density at radius 2 is 1.02 bits per heavy atom. The molecule has 366 valence electrons. The summed E-state index contributed by atoms with van der Waals surface area (Å²) in [5.41, 5.74) is 0. The van der Waals surface area contributed by atoms with Crippen molar-refractivity contribution in [2.45, 2.75) is 223 Å². The highest BCUT2D eigenvalue weighted by atomic mass is 31.2. The topological polar surface area (TPSA) is 250 Å². The average molecular weight is 919 g/mol. The van der Waals surface area contributed by atoms with Gasteiger partial charge in [-0.15, -0.1) is 0 Å². The summed E-state index contributed by atoms with van der Waals surface area (Å²) in [5, 5.41) is 70.9. The highest BCUT2D eigenvalue weighted by molar-refractivity contribution is 7.47. The molecule has 0 spiro atoms. The molecule has 0 bridgehead atoms. The lowest BCUT2D eigenvalue weighted by Crippen LogP contribution is -2.64. The minimum Gasteiger partial charge on any atom is -0.462 e. The Morgan fingerprint density at radius 1 is 0.556 bits per heavy atom. The Bertz CT molecular complexity index is 1320. The number of phosphoric acid groups is 1. The van der Waals surface area contributed by atoms with Crippen molar-refractivity contribution >= 4 is 19.8 Å². The maximum absolute atomic E-state index is 12.8. The first-order valence-corrected chi connectivity index (χ1v) is 25.1. The molecule has 10 atom stereocenters. The molecule has 0 aliphatic heterocycles. The van der Waals surface area contributed by atoms with Gasteiger partial charge in [0.2, 0.25) is 0 Å². The van der Waals surface area contributed by atoms with Crippen LogP contribution in [0.3, 0.4) is 0 Å². The second-order valence-corrected chi connectivity index (χ2v) is 18.0. The molecule has 1 fully saturated rings. The number of aliphatic hydroxyl groups excluding tert-OH is 7. The van der Waals surface area contributed by atoms with E-state index in [1.165, 1.54) is 57.8 Å². The van der Waals surface area contributed by atoms with E-state index in [0.717, 1.165) is 51.4 Å². The van der Waals surface area contributed by atoms with Gasteiger partial charge in [-0.1, -0.05) is 127 Å². The van der Waals surface area contributed by atoms with Gasteiger partial charge in [0.25, 0.3) is 0 Å². The van der Waals surface area contributed by atoms with Gasteiger partial charge in [0.15, 0.2) is 6.10 Å². The Kier molecular flexibility index (Phi) is 34.4. The fourth-order valence-electron chi connectivity index (χ4n) is 6.85. The maximum Gasteiger partial charge on any atom is 0.472 e. The second kappa shape index (κ2) is 36.9. The Hall–Kier alpha value is -2.27. The van der Waals surface area contributed by atoms with Crippen LogP contribution in [-0.4, -0.2) is 121 Å². The molecule has 0 heterocycles. The number of ether oxygens (including phenoxy) is 2. The Labute approximate surface area is 376 Å². The summed E-state index contributed by atoms with van der Waals surface area (Å²) in [6.45, 7) is 3.00. The Morgan fingerprint density at radius 3 is 1.62 bits per heavy atom. The molecule has 0 aromatic heterocycles. The zero-order chi connectivity index (χ0) is 46.7. The quantitative estimate of drug-likeness (QED) is 0.0133. The first kappa shape index (κ1) is 58.7. The molecule has 1 aliphatic rings. The van der Waals surface area contributed by atoms with Crippen LogP contribution in [0.15, 0.2) is 48.6 Å². The number of rotatable bonds is 38. The average Bonchev–Trinajstić information content (AvgIpc) is 3.26. The third kappa shape index (κ3) is 29.1. The number of carbonyl (C=O) groups excluding carboxylic acids is 2. The van der Waals surface area contributed by atoms with Gasteiger partial charge in [0.1, 0.15) is 43.2 Å². The van der Waals surface area contributed by atoms with Crippen LogP contribution in [0.2, 0.25) is 0 Å². The molecule has 0 aromatic rings. The fourth-order valence-corrected chi connectivity index (χ4v) is 7.83. The molecule has 0 amide bonds. The highest BCUT2D eigenvalue weighted by Gasteiger charge is 2.51. The molecule has 0 saturated heterocycles. The first-order chi connectivity index (χ1) is 30.2. The van der Waals surface area contributed by atoms with E-state index < -0.39 is 87.9 Å². The van der Waals surface area contributed by atoms with Crippen LogP contribution in [0.5, 0.6) is 0 Å². The smallest absolute Gasteiger partial charge is 0.462 e. The van der Waals surface area contributed by atoms with Gasteiger partial charge < -0.3 is 50.1 Å². The second-order valence-electron chi connectivity index (χ2n) is 16.6. The predicted molar refractivity (Wildman–Crippen MR) is 242 cm³/mol. The third-order valence-electron chi connectivity index (χ3n) is 10.8. The standard InChI is InChI=1S/C47H83O15P/c1-3-5-7-9-11-13-15-17-18-19-21-23-25-27-29-33-41(51)61-37(36-60-63(57,58)62-47-45(55)43(53)42(52)44(54)46(47)56)35-59-40(50)34-30-32-39(49)38(48)31-28-26-24-22-20-16-14-12-10-8-6-4-2/h12,14,17-18,20,22,26,28,37-39,42-49,52-56H,3-11,13,15-16,19,21,23-25,27,29-36H2,1-2H3,(H,57,58)/b14-12-,18-17-,22-20-,28-26-/t37-,38?,39?,42?,43-,44+,45-,46-,47?/m1/s1. The van der Waals surface area contributed by atoms with Crippen molar-refractivity contribution in [1.82, 2.24) is 0 Å². The normalized spacial score (nSPS) is 23.1. The molecule has 1 aliphatic carbocycles. The molecular formula is C47H83O15P. The minimum absolute atomic E-state index is 0.0252. The molecule has 0 aromatic carbocycles. The van der Waals surface area contributed by atoms with Crippen molar-refractivity contribution in [2.24, 2.45) is 0 Å². The van der Waals surface area contributed by atoms with Crippen LogP contribution in [0, 0.1) is 0 Å². The molecule has 1 rings (SSSR count).